The summed E-state index contributed by atoms with van der Waals surface area (Å²) in [6, 6.07) is 0. The largest absolute Gasteiger partial charge is 0.294 e. The lowest BCUT2D eigenvalue weighted by Gasteiger charge is -2.42. The topological polar surface area (TPSA) is 17.1 Å². The van der Waals surface area contributed by atoms with Crippen LogP contribution in [0.5, 0.6) is 0 Å². The lowest BCUT2D eigenvalue weighted by Crippen LogP contribution is -2.38. The van der Waals surface area contributed by atoms with Crippen molar-refractivity contribution in [2.75, 3.05) is 0 Å². The van der Waals surface area contributed by atoms with Gasteiger partial charge in [0.1, 0.15) is 0 Å². The van der Waals surface area contributed by atoms with Crippen molar-refractivity contribution in [3.63, 3.8) is 0 Å². The van der Waals surface area contributed by atoms with Crippen molar-refractivity contribution in [1.29, 1.82) is 0 Å². The number of ketones is 1. The van der Waals surface area contributed by atoms with Gasteiger partial charge in [-0.3, -0.25) is 4.79 Å². The number of allylic oxidation sites excluding steroid dienone is 4. The van der Waals surface area contributed by atoms with Gasteiger partial charge in [0.2, 0.25) is 0 Å². The molecular formula is C15H24O. The van der Waals surface area contributed by atoms with E-state index >= 15 is 0 Å². The maximum absolute atomic E-state index is 12.2. The number of carbonyl (C=O) groups is 1. The second-order valence-corrected chi connectivity index (χ2v) is 5.55. The van der Waals surface area contributed by atoms with Gasteiger partial charge in [-0.05, 0) is 37.2 Å². The molecule has 2 atom stereocenters. The first-order valence-corrected chi connectivity index (χ1v) is 6.28. The van der Waals surface area contributed by atoms with Crippen LogP contribution in [0.25, 0.3) is 0 Å². The van der Waals surface area contributed by atoms with Crippen molar-refractivity contribution in [3.05, 3.63) is 23.8 Å². The fourth-order valence-corrected chi connectivity index (χ4v) is 2.58. The van der Waals surface area contributed by atoms with Crippen LogP contribution >= 0.6 is 0 Å². The zero-order valence-corrected chi connectivity index (χ0v) is 11.2. The highest BCUT2D eigenvalue weighted by Crippen LogP contribution is 2.45. The molecule has 1 nitrogen and oxygen atoms in total. The van der Waals surface area contributed by atoms with Gasteiger partial charge in [-0.25, -0.2) is 0 Å². The van der Waals surface area contributed by atoms with Gasteiger partial charge in [0.25, 0.3) is 0 Å². The van der Waals surface area contributed by atoms with Crippen molar-refractivity contribution in [1.82, 2.24) is 0 Å². The summed E-state index contributed by atoms with van der Waals surface area (Å²) in [5.41, 5.74) is 1.32. The van der Waals surface area contributed by atoms with Gasteiger partial charge in [0.15, 0.2) is 5.78 Å². The predicted molar refractivity (Wildman–Crippen MR) is 69.2 cm³/mol. The molecule has 0 aromatic heterocycles. The average molecular weight is 220 g/mol. The minimum atomic E-state index is 0.0686. The number of carbonyl (C=O) groups excluding carboxylic acids is 1. The number of hydrogen-bond donors (Lipinski definition) is 0. The highest BCUT2D eigenvalue weighted by molar-refractivity contribution is 5.94. The summed E-state index contributed by atoms with van der Waals surface area (Å²) in [7, 11) is 0. The summed E-state index contributed by atoms with van der Waals surface area (Å²) < 4.78 is 0. The highest BCUT2D eigenvalue weighted by atomic mass is 16.1. The molecule has 0 saturated carbocycles. The third-order valence-corrected chi connectivity index (χ3v) is 4.07. The fraction of sp³-hybridized carbons (Fsp3) is 0.667. The minimum absolute atomic E-state index is 0.0686. The molecule has 0 unspecified atom stereocenters. The zero-order chi connectivity index (χ0) is 12.3. The molecule has 0 fully saturated rings. The molecule has 0 aromatic rings. The second-order valence-electron chi connectivity index (χ2n) is 5.55. The molecule has 0 radical (unpaired) electrons. The summed E-state index contributed by atoms with van der Waals surface area (Å²) in [4.78, 5) is 12.2. The Morgan fingerprint density at radius 1 is 1.56 bits per heavy atom. The highest BCUT2D eigenvalue weighted by Gasteiger charge is 2.41. The first-order chi connectivity index (χ1) is 7.41. The maximum Gasteiger partial charge on any atom is 0.163 e. The molecule has 1 heteroatoms. The summed E-state index contributed by atoms with van der Waals surface area (Å²) in [6.07, 6.45) is 7.99. The van der Waals surface area contributed by atoms with Crippen molar-refractivity contribution in [3.8, 4) is 0 Å². The fourth-order valence-electron chi connectivity index (χ4n) is 2.58. The third kappa shape index (κ3) is 2.45. The summed E-state index contributed by atoms with van der Waals surface area (Å²) >= 11 is 0. The molecule has 0 bridgehead atoms. The Morgan fingerprint density at radius 3 is 2.75 bits per heavy atom. The smallest absolute Gasteiger partial charge is 0.163 e. The Labute approximate surface area is 99.6 Å². The van der Waals surface area contributed by atoms with Crippen LogP contribution in [-0.2, 0) is 4.79 Å². The molecule has 0 saturated heterocycles. The van der Waals surface area contributed by atoms with E-state index < -0.39 is 0 Å². The first-order valence-electron chi connectivity index (χ1n) is 6.28. The van der Waals surface area contributed by atoms with Crippen LogP contribution in [0.15, 0.2) is 23.8 Å². The lowest BCUT2D eigenvalue weighted by molar-refractivity contribution is -0.121. The molecule has 0 aromatic carbocycles. The van der Waals surface area contributed by atoms with Gasteiger partial charge in [-0.15, -0.1) is 0 Å². The van der Waals surface area contributed by atoms with Gasteiger partial charge in [0.05, 0.1) is 0 Å². The van der Waals surface area contributed by atoms with Crippen LogP contribution < -0.4 is 0 Å². The van der Waals surface area contributed by atoms with Crippen molar-refractivity contribution in [2.45, 2.75) is 47.5 Å². The Bertz CT molecular complexity index is 320. The lowest BCUT2D eigenvalue weighted by atomic mass is 9.61. The van der Waals surface area contributed by atoms with Gasteiger partial charge in [0, 0.05) is 5.92 Å². The van der Waals surface area contributed by atoms with Crippen LogP contribution in [0.2, 0.25) is 0 Å². The molecular weight excluding hydrogens is 196 g/mol. The SMILES string of the molecule is CC/C=C/C(=O)[C@@H]1C(C)=CC[C@@H](C)C1(C)C. The van der Waals surface area contributed by atoms with Crippen molar-refractivity contribution in [2.24, 2.45) is 17.3 Å². The van der Waals surface area contributed by atoms with Crippen LogP contribution in [0.3, 0.4) is 0 Å². The molecule has 0 spiro atoms. The monoisotopic (exact) mass is 220 g/mol. The second kappa shape index (κ2) is 4.99. The van der Waals surface area contributed by atoms with E-state index in [4.69, 9.17) is 0 Å². The van der Waals surface area contributed by atoms with E-state index in [1.54, 1.807) is 6.08 Å². The van der Waals surface area contributed by atoms with Gasteiger partial charge in [-0.2, -0.15) is 0 Å². The predicted octanol–water partition coefficient (Wildman–Crippen LogP) is 4.15. The maximum atomic E-state index is 12.2. The van der Waals surface area contributed by atoms with Crippen LogP contribution in [0.1, 0.15) is 47.5 Å². The van der Waals surface area contributed by atoms with Gasteiger partial charge < -0.3 is 0 Å². The Hall–Kier alpha value is -0.850. The molecule has 16 heavy (non-hydrogen) atoms. The van der Waals surface area contributed by atoms with Crippen LogP contribution in [0, 0.1) is 17.3 Å². The normalized spacial score (nSPS) is 29.2. The van der Waals surface area contributed by atoms with Crippen molar-refractivity contribution < 1.29 is 4.79 Å². The number of hydrogen-bond acceptors (Lipinski definition) is 1. The summed E-state index contributed by atoms with van der Waals surface area (Å²) in [5, 5.41) is 0. The van der Waals surface area contributed by atoms with Crippen LogP contribution in [-0.4, -0.2) is 5.78 Å². The molecule has 0 heterocycles. The summed E-state index contributed by atoms with van der Waals surface area (Å²) in [6.45, 7) is 10.8. The van der Waals surface area contributed by atoms with E-state index in [1.165, 1.54) is 5.57 Å². The molecule has 1 aliphatic carbocycles. The molecule has 1 rings (SSSR count). The van der Waals surface area contributed by atoms with E-state index in [9.17, 15) is 4.79 Å². The number of rotatable bonds is 3. The molecule has 0 amide bonds. The molecule has 0 N–H and O–H groups in total. The zero-order valence-electron chi connectivity index (χ0n) is 11.2. The Morgan fingerprint density at radius 2 is 2.19 bits per heavy atom. The van der Waals surface area contributed by atoms with Gasteiger partial charge >= 0.3 is 0 Å². The van der Waals surface area contributed by atoms with E-state index in [0.717, 1.165) is 12.8 Å². The molecule has 90 valence electrons. The van der Waals surface area contributed by atoms with Crippen molar-refractivity contribution >= 4 is 5.78 Å². The summed E-state index contributed by atoms with van der Waals surface area (Å²) in [5.74, 6) is 0.909. The first kappa shape index (κ1) is 13.2. The van der Waals surface area contributed by atoms with Gasteiger partial charge in [-0.1, -0.05) is 45.4 Å². The van der Waals surface area contributed by atoms with E-state index in [-0.39, 0.29) is 17.1 Å². The molecule has 1 aliphatic rings. The quantitative estimate of drug-likeness (QED) is 0.516. The van der Waals surface area contributed by atoms with E-state index in [0.29, 0.717) is 5.92 Å². The third-order valence-electron chi connectivity index (χ3n) is 4.07. The Balaban J connectivity index is 2.99. The minimum Gasteiger partial charge on any atom is -0.294 e. The van der Waals surface area contributed by atoms with E-state index in [1.807, 2.05) is 6.08 Å². The standard InChI is InChI=1S/C15H24O/c1-6-7-8-13(16)14-11(2)9-10-12(3)15(14,4)5/h7-9,12,14H,6,10H2,1-5H3/b8-7+/t12-,14+/m1/s1. The van der Waals surface area contributed by atoms with E-state index in [2.05, 4.69) is 40.7 Å². The van der Waals surface area contributed by atoms with Crippen LogP contribution in [0.4, 0.5) is 0 Å². The average Bonchev–Trinajstić information content (AvgIpc) is 2.21. The Kier molecular flexibility index (Phi) is 4.12. The molecule has 0 aliphatic heterocycles.